The molecule has 0 nitrogen and oxygen atoms in total. The van der Waals surface area contributed by atoms with Gasteiger partial charge in [0.15, 0.2) is 0 Å². The van der Waals surface area contributed by atoms with Gasteiger partial charge in [0.2, 0.25) is 0 Å². The summed E-state index contributed by atoms with van der Waals surface area (Å²) in [6.07, 6.45) is 7.63. The lowest BCUT2D eigenvalue weighted by molar-refractivity contribution is 0.728. The molecule has 0 aliphatic carbocycles. The van der Waals surface area contributed by atoms with E-state index in [4.69, 9.17) is 0 Å². The van der Waals surface area contributed by atoms with E-state index in [2.05, 4.69) is 96.1 Å². The van der Waals surface area contributed by atoms with Crippen LogP contribution in [-0.4, -0.2) is 10.5 Å². The smallest absolute Gasteiger partial charge is 0.0123 e. The molecule has 0 bridgehead atoms. The van der Waals surface area contributed by atoms with E-state index in [1.165, 1.54) is 49.7 Å². The summed E-state index contributed by atoms with van der Waals surface area (Å²) in [5.41, 5.74) is 2.94. The van der Waals surface area contributed by atoms with Crippen molar-refractivity contribution in [3.05, 3.63) is 71.8 Å². The van der Waals surface area contributed by atoms with Gasteiger partial charge in [-0.2, -0.15) is 0 Å². The minimum absolute atomic E-state index is 0.746. The second kappa shape index (κ2) is 11.7. The molecule has 2 heteroatoms. The molecule has 0 aromatic heterocycles. The Morgan fingerprint density at radius 3 is 1.38 bits per heavy atom. The SMILES string of the molecule is CC(CCCc1ccccc1)SSC(C)CCCc1ccccc1. The predicted molar refractivity (Wildman–Crippen MR) is 113 cm³/mol. The van der Waals surface area contributed by atoms with E-state index in [0.29, 0.717) is 0 Å². The van der Waals surface area contributed by atoms with Crippen molar-refractivity contribution in [3.63, 3.8) is 0 Å². The van der Waals surface area contributed by atoms with Crippen LogP contribution in [0.2, 0.25) is 0 Å². The van der Waals surface area contributed by atoms with E-state index < -0.39 is 0 Å². The van der Waals surface area contributed by atoms with Crippen molar-refractivity contribution in [1.82, 2.24) is 0 Å². The zero-order valence-electron chi connectivity index (χ0n) is 15.0. The highest BCUT2D eigenvalue weighted by atomic mass is 33.1. The summed E-state index contributed by atoms with van der Waals surface area (Å²) in [6, 6.07) is 21.7. The Morgan fingerprint density at radius 1 is 0.625 bits per heavy atom. The zero-order chi connectivity index (χ0) is 17.0. The van der Waals surface area contributed by atoms with Crippen LogP contribution in [0.15, 0.2) is 60.7 Å². The van der Waals surface area contributed by atoms with Crippen molar-refractivity contribution in [2.45, 2.75) is 62.9 Å². The molecule has 0 saturated carbocycles. The molecular formula is C22H30S2. The summed E-state index contributed by atoms with van der Waals surface area (Å²) >= 11 is 0. The Morgan fingerprint density at radius 2 is 1.00 bits per heavy atom. The fourth-order valence-electron chi connectivity index (χ4n) is 2.76. The predicted octanol–water partition coefficient (Wildman–Crippen LogP) is 7.19. The lowest BCUT2D eigenvalue weighted by atomic mass is 10.1. The zero-order valence-corrected chi connectivity index (χ0v) is 16.6. The highest BCUT2D eigenvalue weighted by Crippen LogP contribution is 2.35. The summed E-state index contributed by atoms with van der Waals surface area (Å²) in [5.74, 6) is 0. The Hall–Kier alpha value is -0.860. The molecule has 0 N–H and O–H groups in total. The second-order valence-electron chi connectivity index (χ2n) is 6.57. The third-order valence-electron chi connectivity index (χ3n) is 4.22. The van der Waals surface area contributed by atoms with Crippen molar-refractivity contribution in [1.29, 1.82) is 0 Å². The summed E-state index contributed by atoms with van der Waals surface area (Å²) in [7, 11) is 4.17. The van der Waals surface area contributed by atoms with Crippen LogP contribution in [-0.2, 0) is 12.8 Å². The molecule has 0 amide bonds. The number of rotatable bonds is 11. The monoisotopic (exact) mass is 358 g/mol. The van der Waals surface area contributed by atoms with Crippen LogP contribution >= 0.6 is 21.6 Å². The van der Waals surface area contributed by atoms with Gasteiger partial charge in [0, 0.05) is 10.5 Å². The molecule has 0 heterocycles. The van der Waals surface area contributed by atoms with E-state index in [9.17, 15) is 0 Å². The number of hydrogen-bond donors (Lipinski definition) is 0. The van der Waals surface area contributed by atoms with E-state index in [1.807, 2.05) is 0 Å². The molecule has 0 aliphatic rings. The van der Waals surface area contributed by atoms with Gasteiger partial charge < -0.3 is 0 Å². The van der Waals surface area contributed by atoms with Gasteiger partial charge in [-0.25, -0.2) is 0 Å². The van der Waals surface area contributed by atoms with Gasteiger partial charge >= 0.3 is 0 Å². The van der Waals surface area contributed by atoms with Crippen LogP contribution in [0.3, 0.4) is 0 Å². The molecule has 2 aromatic rings. The number of aryl methyl sites for hydroxylation is 2. The minimum Gasteiger partial charge on any atom is -0.0907 e. The van der Waals surface area contributed by atoms with Crippen LogP contribution in [0.5, 0.6) is 0 Å². The molecule has 24 heavy (non-hydrogen) atoms. The Bertz CT molecular complexity index is 487. The molecule has 0 saturated heterocycles. The quantitative estimate of drug-likeness (QED) is 0.390. The Kier molecular flexibility index (Phi) is 9.45. The van der Waals surface area contributed by atoms with E-state index in [0.717, 1.165) is 10.5 Å². The molecule has 2 atom stereocenters. The van der Waals surface area contributed by atoms with Gasteiger partial charge in [0.1, 0.15) is 0 Å². The first-order chi connectivity index (χ1) is 11.7. The van der Waals surface area contributed by atoms with E-state index >= 15 is 0 Å². The van der Waals surface area contributed by atoms with Crippen LogP contribution in [0.1, 0.15) is 50.7 Å². The first-order valence-corrected chi connectivity index (χ1v) is 11.4. The average Bonchev–Trinajstić information content (AvgIpc) is 2.62. The topological polar surface area (TPSA) is 0 Å². The summed E-state index contributed by atoms with van der Waals surface area (Å²) in [5, 5.41) is 1.49. The Labute approximate surface area is 156 Å². The van der Waals surface area contributed by atoms with Crippen molar-refractivity contribution in [2.24, 2.45) is 0 Å². The Balaban J connectivity index is 1.52. The summed E-state index contributed by atoms with van der Waals surface area (Å²) in [6.45, 7) is 4.75. The molecule has 2 aromatic carbocycles. The molecule has 2 rings (SSSR count). The fourth-order valence-corrected chi connectivity index (χ4v) is 5.38. The molecular weight excluding hydrogens is 328 g/mol. The third-order valence-corrected chi connectivity index (χ3v) is 7.77. The standard InChI is InChI=1S/C22H30S2/c1-19(11-9-17-21-13-5-3-6-14-21)23-24-20(2)12-10-18-22-15-7-4-8-16-22/h3-8,13-16,19-20H,9-12,17-18H2,1-2H3. The average molecular weight is 359 g/mol. The second-order valence-corrected chi connectivity index (χ2v) is 9.72. The van der Waals surface area contributed by atoms with Crippen molar-refractivity contribution < 1.29 is 0 Å². The van der Waals surface area contributed by atoms with Crippen molar-refractivity contribution in [3.8, 4) is 0 Å². The van der Waals surface area contributed by atoms with Gasteiger partial charge in [-0.05, 0) is 49.7 Å². The molecule has 0 spiro atoms. The lowest BCUT2D eigenvalue weighted by Gasteiger charge is -2.14. The van der Waals surface area contributed by atoms with Crippen LogP contribution in [0.25, 0.3) is 0 Å². The van der Waals surface area contributed by atoms with Crippen LogP contribution in [0.4, 0.5) is 0 Å². The maximum absolute atomic E-state index is 2.37. The van der Waals surface area contributed by atoms with Crippen molar-refractivity contribution in [2.75, 3.05) is 0 Å². The highest BCUT2D eigenvalue weighted by molar-refractivity contribution is 8.77. The number of hydrogen-bond acceptors (Lipinski definition) is 2. The fraction of sp³-hybridized carbons (Fsp3) is 0.455. The van der Waals surface area contributed by atoms with Gasteiger partial charge in [-0.15, -0.1) is 0 Å². The van der Waals surface area contributed by atoms with Gasteiger partial charge in [-0.3, -0.25) is 0 Å². The number of benzene rings is 2. The van der Waals surface area contributed by atoms with E-state index in [1.54, 1.807) is 0 Å². The lowest BCUT2D eigenvalue weighted by Crippen LogP contribution is -2.00. The third kappa shape index (κ3) is 8.30. The molecule has 130 valence electrons. The maximum atomic E-state index is 2.37. The minimum atomic E-state index is 0.746. The molecule has 2 unspecified atom stereocenters. The first kappa shape index (κ1) is 19.5. The molecule has 0 radical (unpaired) electrons. The largest absolute Gasteiger partial charge is 0.0907 e. The van der Waals surface area contributed by atoms with Crippen LogP contribution in [0, 0.1) is 0 Å². The summed E-state index contributed by atoms with van der Waals surface area (Å²) in [4.78, 5) is 0. The maximum Gasteiger partial charge on any atom is 0.0123 e. The van der Waals surface area contributed by atoms with Gasteiger partial charge in [0.25, 0.3) is 0 Å². The normalized spacial score (nSPS) is 13.6. The van der Waals surface area contributed by atoms with Crippen LogP contribution < -0.4 is 0 Å². The van der Waals surface area contributed by atoms with Crippen molar-refractivity contribution >= 4 is 21.6 Å². The molecule has 0 fully saturated rings. The highest BCUT2D eigenvalue weighted by Gasteiger charge is 2.08. The molecule has 0 aliphatic heterocycles. The van der Waals surface area contributed by atoms with Gasteiger partial charge in [-0.1, -0.05) is 96.1 Å². The first-order valence-electron chi connectivity index (χ1n) is 9.14. The van der Waals surface area contributed by atoms with E-state index in [-0.39, 0.29) is 0 Å². The van der Waals surface area contributed by atoms with Gasteiger partial charge in [0.05, 0.1) is 0 Å². The summed E-state index contributed by atoms with van der Waals surface area (Å²) < 4.78 is 0.